The summed E-state index contributed by atoms with van der Waals surface area (Å²) in [5.74, 6) is 1.43. The molecule has 0 aliphatic heterocycles. The predicted molar refractivity (Wildman–Crippen MR) is 122 cm³/mol. The first-order chi connectivity index (χ1) is 14.4. The number of carbonyl (C=O) groups is 1. The molecule has 2 aromatic carbocycles. The average molecular weight is 409 g/mol. The first-order valence-corrected chi connectivity index (χ1v) is 10.1. The molecule has 0 saturated heterocycles. The Balaban J connectivity index is 2.49. The van der Waals surface area contributed by atoms with E-state index in [-0.39, 0.29) is 5.78 Å². The average Bonchev–Trinajstić information content (AvgIpc) is 2.76. The zero-order valence-corrected chi connectivity index (χ0v) is 18.9. The SMILES string of the molecule is COc1cc(OC)c(C(=O)c2ccccc2)c(OC)c1C/C=C(\C)CCC=C(C)C. The van der Waals surface area contributed by atoms with Gasteiger partial charge in [0, 0.05) is 17.2 Å². The molecule has 0 aliphatic rings. The molecule has 0 heterocycles. The molecule has 2 rings (SSSR count). The van der Waals surface area contributed by atoms with Gasteiger partial charge in [-0.1, -0.05) is 53.6 Å². The van der Waals surface area contributed by atoms with Gasteiger partial charge in [-0.15, -0.1) is 0 Å². The van der Waals surface area contributed by atoms with Gasteiger partial charge in [0.1, 0.15) is 22.8 Å². The molecule has 2 aromatic rings. The third kappa shape index (κ3) is 5.76. The number of allylic oxidation sites excluding steroid dienone is 4. The molecule has 0 fully saturated rings. The number of ether oxygens (including phenoxy) is 3. The molecule has 0 aliphatic carbocycles. The summed E-state index contributed by atoms with van der Waals surface area (Å²) in [6.45, 7) is 6.34. The molecule has 30 heavy (non-hydrogen) atoms. The van der Waals surface area contributed by atoms with E-state index in [1.807, 2.05) is 18.2 Å². The maximum Gasteiger partial charge on any atom is 0.200 e. The largest absolute Gasteiger partial charge is 0.496 e. The maximum atomic E-state index is 13.3. The smallest absolute Gasteiger partial charge is 0.200 e. The molecule has 0 radical (unpaired) electrons. The Bertz CT molecular complexity index is 920. The summed E-state index contributed by atoms with van der Waals surface area (Å²) in [5.41, 5.74) is 4.44. The molecular weight excluding hydrogens is 376 g/mol. The van der Waals surface area contributed by atoms with Crippen molar-refractivity contribution in [1.29, 1.82) is 0 Å². The molecule has 0 spiro atoms. The van der Waals surface area contributed by atoms with Gasteiger partial charge in [0.05, 0.1) is 21.3 Å². The van der Waals surface area contributed by atoms with Crippen molar-refractivity contribution in [2.75, 3.05) is 21.3 Å². The lowest BCUT2D eigenvalue weighted by Crippen LogP contribution is -2.09. The van der Waals surface area contributed by atoms with Crippen LogP contribution in [0.1, 0.15) is 55.1 Å². The fourth-order valence-corrected chi connectivity index (χ4v) is 3.33. The van der Waals surface area contributed by atoms with E-state index in [0.29, 0.717) is 34.8 Å². The van der Waals surface area contributed by atoms with Crippen LogP contribution in [-0.4, -0.2) is 27.1 Å². The highest BCUT2D eigenvalue weighted by Gasteiger charge is 2.25. The van der Waals surface area contributed by atoms with Gasteiger partial charge in [-0.3, -0.25) is 4.79 Å². The van der Waals surface area contributed by atoms with Gasteiger partial charge in [0.15, 0.2) is 0 Å². The summed E-state index contributed by atoms with van der Waals surface area (Å²) in [4.78, 5) is 13.3. The number of methoxy groups -OCH3 is 3. The Hall–Kier alpha value is -3.01. The normalized spacial score (nSPS) is 11.1. The van der Waals surface area contributed by atoms with Crippen LogP contribution in [0.4, 0.5) is 0 Å². The number of rotatable bonds is 10. The molecule has 0 amide bonds. The van der Waals surface area contributed by atoms with Gasteiger partial charge in [0.2, 0.25) is 5.78 Å². The highest BCUT2D eigenvalue weighted by Crippen LogP contribution is 2.41. The summed E-state index contributed by atoms with van der Waals surface area (Å²) < 4.78 is 16.9. The van der Waals surface area contributed by atoms with Gasteiger partial charge in [0.25, 0.3) is 0 Å². The van der Waals surface area contributed by atoms with E-state index in [2.05, 4.69) is 32.9 Å². The lowest BCUT2D eigenvalue weighted by Gasteiger charge is -2.19. The van der Waals surface area contributed by atoms with Crippen LogP contribution >= 0.6 is 0 Å². The highest BCUT2D eigenvalue weighted by atomic mass is 16.5. The van der Waals surface area contributed by atoms with Crippen LogP contribution in [0, 0.1) is 0 Å². The first kappa shape index (κ1) is 23.3. The molecule has 0 bridgehead atoms. The second-order valence-corrected chi connectivity index (χ2v) is 7.44. The fraction of sp³-hybridized carbons (Fsp3) is 0.346. The van der Waals surface area contributed by atoms with Crippen molar-refractivity contribution in [3.63, 3.8) is 0 Å². The second kappa shape index (κ2) is 11.2. The number of carbonyl (C=O) groups excluding carboxylic acids is 1. The zero-order valence-electron chi connectivity index (χ0n) is 18.9. The predicted octanol–water partition coefficient (Wildman–Crippen LogP) is 6.18. The third-order valence-corrected chi connectivity index (χ3v) is 4.96. The summed E-state index contributed by atoms with van der Waals surface area (Å²) in [6, 6.07) is 10.9. The van der Waals surface area contributed by atoms with Crippen molar-refractivity contribution in [2.45, 2.75) is 40.0 Å². The van der Waals surface area contributed by atoms with Gasteiger partial charge < -0.3 is 14.2 Å². The van der Waals surface area contributed by atoms with Crippen molar-refractivity contribution in [3.05, 3.63) is 76.4 Å². The highest BCUT2D eigenvalue weighted by molar-refractivity contribution is 6.13. The van der Waals surface area contributed by atoms with Crippen molar-refractivity contribution >= 4 is 5.78 Å². The fourth-order valence-electron chi connectivity index (χ4n) is 3.33. The molecule has 160 valence electrons. The van der Waals surface area contributed by atoms with Gasteiger partial charge in [-0.2, -0.15) is 0 Å². The van der Waals surface area contributed by atoms with Gasteiger partial charge in [-0.05, 0) is 40.0 Å². The third-order valence-electron chi connectivity index (χ3n) is 4.96. The Morgan fingerprint density at radius 2 is 1.57 bits per heavy atom. The monoisotopic (exact) mass is 408 g/mol. The molecule has 0 aromatic heterocycles. The van der Waals surface area contributed by atoms with E-state index in [4.69, 9.17) is 14.2 Å². The maximum absolute atomic E-state index is 13.3. The van der Waals surface area contributed by atoms with E-state index in [1.165, 1.54) is 11.1 Å². The van der Waals surface area contributed by atoms with Crippen molar-refractivity contribution in [2.24, 2.45) is 0 Å². The summed E-state index contributed by atoms with van der Waals surface area (Å²) >= 11 is 0. The zero-order chi connectivity index (χ0) is 22.1. The van der Waals surface area contributed by atoms with Crippen molar-refractivity contribution in [3.8, 4) is 17.2 Å². The quantitative estimate of drug-likeness (QED) is 0.348. The number of hydrogen-bond acceptors (Lipinski definition) is 4. The van der Waals surface area contributed by atoms with Crippen LogP contribution in [0.5, 0.6) is 17.2 Å². The molecule has 4 nitrogen and oxygen atoms in total. The Kier molecular flexibility index (Phi) is 8.72. The molecule has 0 saturated carbocycles. The van der Waals surface area contributed by atoms with Crippen LogP contribution in [-0.2, 0) is 6.42 Å². The minimum absolute atomic E-state index is 0.141. The van der Waals surface area contributed by atoms with Crippen LogP contribution < -0.4 is 14.2 Å². The number of hydrogen-bond donors (Lipinski definition) is 0. The van der Waals surface area contributed by atoms with E-state index < -0.39 is 0 Å². The summed E-state index contributed by atoms with van der Waals surface area (Å²) in [6.07, 6.45) is 7.01. The van der Waals surface area contributed by atoms with E-state index in [0.717, 1.165) is 18.4 Å². The Labute approximate surface area is 180 Å². The molecule has 0 atom stereocenters. The summed E-state index contributed by atoms with van der Waals surface area (Å²) in [7, 11) is 4.73. The minimum atomic E-state index is -0.141. The van der Waals surface area contributed by atoms with Crippen LogP contribution in [0.25, 0.3) is 0 Å². The standard InChI is InChI=1S/C26H32O4/c1-18(2)11-10-12-19(3)15-16-21-22(28-4)17-23(29-5)24(26(21)30-6)25(27)20-13-8-7-9-14-20/h7-9,11,13-15,17H,10,12,16H2,1-6H3/b19-15+. The molecule has 4 heteroatoms. The summed E-state index contributed by atoms with van der Waals surface area (Å²) in [5, 5.41) is 0. The Morgan fingerprint density at radius 1 is 0.900 bits per heavy atom. The molecular formula is C26H32O4. The van der Waals surface area contributed by atoms with Crippen LogP contribution in [0.3, 0.4) is 0 Å². The van der Waals surface area contributed by atoms with E-state index >= 15 is 0 Å². The van der Waals surface area contributed by atoms with E-state index in [9.17, 15) is 4.79 Å². The first-order valence-electron chi connectivity index (χ1n) is 10.1. The minimum Gasteiger partial charge on any atom is -0.496 e. The van der Waals surface area contributed by atoms with Gasteiger partial charge in [-0.25, -0.2) is 0 Å². The lowest BCUT2D eigenvalue weighted by atomic mass is 9.96. The number of benzene rings is 2. The van der Waals surface area contributed by atoms with Crippen molar-refractivity contribution in [1.82, 2.24) is 0 Å². The lowest BCUT2D eigenvalue weighted by molar-refractivity contribution is 0.103. The van der Waals surface area contributed by atoms with Gasteiger partial charge >= 0.3 is 0 Å². The van der Waals surface area contributed by atoms with E-state index in [1.54, 1.807) is 39.5 Å². The van der Waals surface area contributed by atoms with Crippen molar-refractivity contribution < 1.29 is 19.0 Å². The second-order valence-electron chi connectivity index (χ2n) is 7.44. The molecule has 0 N–H and O–H groups in total. The topological polar surface area (TPSA) is 44.8 Å². The molecule has 0 unspecified atom stereocenters. The number of ketones is 1. The Morgan fingerprint density at radius 3 is 2.13 bits per heavy atom. The van der Waals surface area contributed by atoms with Crippen LogP contribution in [0.2, 0.25) is 0 Å². The van der Waals surface area contributed by atoms with Crippen LogP contribution in [0.15, 0.2) is 59.7 Å².